The maximum Gasteiger partial charge on any atom is 3.00 e. The molecule has 2 nitrogen and oxygen atoms in total. The summed E-state index contributed by atoms with van der Waals surface area (Å²) < 4.78 is 0. The van der Waals surface area contributed by atoms with Gasteiger partial charge in [-0.15, -0.1) is 0 Å². The Morgan fingerprint density at radius 3 is 2.61 bits per heavy atom. The van der Waals surface area contributed by atoms with Gasteiger partial charge in [0.25, 0.3) is 0 Å². The van der Waals surface area contributed by atoms with E-state index in [0.717, 1.165) is 19.3 Å². The average molecular weight is 396 g/mol. The van der Waals surface area contributed by atoms with E-state index in [-0.39, 0.29) is 50.6 Å². The average Bonchev–Trinajstić information content (AvgIpc) is 2.75. The molecule has 1 saturated carbocycles. The Labute approximate surface area is 168 Å². The predicted octanol–water partition coefficient (Wildman–Crippen LogP) is 4.67. The zero-order valence-corrected chi connectivity index (χ0v) is 18.0. The van der Waals surface area contributed by atoms with Crippen LogP contribution in [0.2, 0.25) is 0 Å². The summed E-state index contributed by atoms with van der Waals surface area (Å²) >= 11 is 0. The van der Waals surface area contributed by atoms with Gasteiger partial charge in [-0.1, -0.05) is 51.0 Å². The number of unbranched alkanes of at least 4 members (excludes halogenated alkanes) is 3. The van der Waals surface area contributed by atoms with Gasteiger partial charge < -0.3 is 16.6 Å². The fourth-order valence-electron chi connectivity index (χ4n) is 3.39. The molecule has 1 fully saturated rings. The van der Waals surface area contributed by atoms with Gasteiger partial charge in [-0.25, -0.2) is 0 Å². The number of hydrogen-bond acceptors (Lipinski definition) is 2. The topological polar surface area (TPSA) is 40.5 Å². The third-order valence-electron chi connectivity index (χ3n) is 4.76. The molecule has 1 rings (SSSR count). The van der Waals surface area contributed by atoms with Crippen molar-refractivity contribution in [3.8, 4) is 0 Å². The molecule has 0 aromatic heterocycles. The zero-order valence-electron chi connectivity index (χ0n) is 15.2. The van der Waals surface area contributed by atoms with Crippen molar-refractivity contribution in [3.63, 3.8) is 0 Å². The standard InChI is InChI=1S/C20H35O2.Y/c1-4-6-7-8-9-10-12-17-18(20(22)15-19(17)21)14-13-16(3)11-5-2;/h4,9-10,13-14,16-22H,5-8,11-12,15H2,1-3H3;/q-1;+3/b10-9+,14-13+;. The van der Waals surface area contributed by atoms with Crippen LogP contribution >= 0.6 is 0 Å². The molecule has 0 bridgehead atoms. The molecule has 0 aliphatic heterocycles. The number of aliphatic hydroxyl groups excluding tert-OH is 2. The number of hydrogen-bond donors (Lipinski definition) is 2. The van der Waals surface area contributed by atoms with E-state index in [1.807, 2.05) is 0 Å². The van der Waals surface area contributed by atoms with Gasteiger partial charge in [-0.2, -0.15) is 13.3 Å². The molecule has 1 aliphatic rings. The largest absolute Gasteiger partial charge is 3.00 e. The van der Waals surface area contributed by atoms with Crippen LogP contribution in [-0.2, 0) is 32.7 Å². The summed E-state index contributed by atoms with van der Waals surface area (Å²) in [5.41, 5.74) is 0. The van der Waals surface area contributed by atoms with Gasteiger partial charge in [0.05, 0.1) is 12.2 Å². The van der Waals surface area contributed by atoms with Gasteiger partial charge in [-0.3, -0.25) is 0 Å². The van der Waals surface area contributed by atoms with Crippen LogP contribution in [0.5, 0.6) is 0 Å². The first-order valence-electron chi connectivity index (χ1n) is 9.07. The second kappa shape index (κ2) is 13.8. The molecule has 128 valence electrons. The van der Waals surface area contributed by atoms with Crippen LogP contribution in [-0.4, -0.2) is 22.4 Å². The van der Waals surface area contributed by atoms with E-state index < -0.39 is 6.10 Å². The Hall–Kier alpha value is 0.504. The van der Waals surface area contributed by atoms with Gasteiger partial charge in [0.15, 0.2) is 0 Å². The first-order valence-corrected chi connectivity index (χ1v) is 9.07. The Balaban J connectivity index is 0.00000484. The van der Waals surface area contributed by atoms with Gasteiger partial charge in [0, 0.05) is 12.3 Å². The molecule has 0 aromatic rings. The van der Waals surface area contributed by atoms with Crippen LogP contribution in [0.3, 0.4) is 0 Å². The van der Waals surface area contributed by atoms with Crippen LogP contribution in [0.15, 0.2) is 24.3 Å². The molecule has 0 heterocycles. The zero-order chi connectivity index (χ0) is 16.4. The van der Waals surface area contributed by atoms with E-state index in [1.165, 1.54) is 19.3 Å². The van der Waals surface area contributed by atoms with E-state index >= 15 is 0 Å². The molecule has 3 heteroatoms. The molecule has 5 atom stereocenters. The predicted molar refractivity (Wildman–Crippen MR) is 94.4 cm³/mol. The molecule has 5 unspecified atom stereocenters. The number of rotatable bonds is 10. The van der Waals surface area contributed by atoms with Crippen molar-refractivity contribution < 1.29 is 42.9 Å². The van der Waals surface area contributed by atoms with Gasteiger partial charge in [0.1, 0.15) is 0 Å². The van der Waals surface area contributed by atoms with Crippen molar-refractivity contribution in [2.75, 3.05) is 0 Å². The molecule has 0 radical (unpaired) electrons. The van der Waals surface area contributed by atoms with Crippen LogP contribution in [0.25, 0.3) is 0 Å². The summed E-state index contributed by atoms with van der Waals surface area (Å²) in [5.74, 6) is 0.813. The van der Waals surface area contributed by atoms with Gasteiger partial charge in [-0.05, 0) is 31.1 Å². The fourth-order valence-corrected chi connectivity index (χ4v) is 3.39. The molecule has 0 spiro atoms. The van der Waals surface area contributed by atoms with Crippen molar-refractivity contribution in [3.05, 3.63) is 30.7 Å². The molecule has 0 amide bonds. The van der Waals surface area contributed by atoms with Crippen LogP contribution < -0.4 is 0 Å². The summed E-state index contributed by atoms with van der Waals surface area (Å²) in [6.45, 7) is 6.51. The van der Waals surface area contributed by atoms with Crippen molar-refractivity contribution in [1.82, 2.24) is 0 Å². The molecular formula is C20H35O2Y+2. The number of aliphatic hydroxyl groups is 2. The minimum atomic E-state index is -0.395. The third kappa shape index (κ3) is 8.95. The van der Waals surface area contributed by atoms with Crippen LogP contribution in [0.4, 0.5) is 0 Å². The summed E-state index contributed by atoms with van der Waals surface area (Å²) in [6.07, 6.45) is 17.4. The summed E-state index contributed by atoms with van der Waals surface area (Å²) in [5, 5.41) is 20.4. The maximum absolute atomic E-state index is 10.2. The second-order valence-corrected chi connectivity index (χ2v) is 6.81. The van der Waals surface area contributed by atoms with Crippen LogP contribution in [0, 0.1) is 24.2 Å². The molecule has 0 saturated heterocycles. The molecule has 1 aliphatic carbocycles. The minimum Gasteiger partial charge on any atom is -0.393 e. The van der Waals surface area contributed by atoms with Gasteiger partial charge in [0.2, 0.25) is 0 Å². The molecule has 2 N–H and O–H groups in total. The smallest absolute Gasteiger partial charge is 0.393 e. The van der Waals surface area contributed by atoms with Crippen molar-refractivity contribution >= 4 is 0 Å². The summed E-state index contributed by atoms with van der Waals surface area (Å²) in [7, 11) is 0. The fraction of sp³-hybridized carbons (Fsp3) is 0.750. The second-order valence-electron chi connectivity index (χ2n) is 6.81. The minimum absolute atomic E-state index is 0. The molecule has 23 heavy (non-hydrogen) atoms. The quantitative estimate of drug-likeness (QED) is 0.320. The first-order chi connectivity index (χ1) is 10.6. The number of allylic oxidation sites excluding steroid dienone is 3. The van der Waals surface area contributed by atoms with E-state index in [1.54, 1.807) is 0 Å². The van der Waals surface area contributed by atoms with E-state index in [4.69, 9.17) is 0 Å². The van der Waals surface area contributed by atoms with Crippen molar-refractivity contribution in [2.24, 2.45) is 17.8 Å². The Kier molecular flexibility index (Phi) is 14.1. The Morgan fingerprint density at radius 1 is 1.22 bits per heavy atom. The van der Waals surface area contributed by atoms with E-state index in [9.17, 15) is 10.2 Å². The van der Waals surface area contributed by atoms with E-state index in [2.05, 4.69) is 51.5 Å². The van der Waals surface area contributed by atoms with E-state index in [0.29, 0.717) is 12.3 Å². The summed E-state index contributed by atoms with van der Waals surface area (Å²) in [4.78, 5) is 0. The van der Waals surface area contributed by atoms with Gasteiger partial charge >= 0.3 is 32.7 Å². The Bertz CT molecular complexity index is 341. The maximum atomic E-state index is 10.2. The van der Waals surface area contributed by atoms with Crippen molar-refractivity contribution in [2.45, 2.75) is 77.9 Å². The normalized spacial score (nSPS) is 29.3. The summed E-state index contributed by atoms with van der Waals surface area (Å²) in [6, 6.07) is 0. The Morgan fingerprint density at radius 2 is 1.96 bits per heavy atom. The SMILES string of the molecule is C[CH-]CCC/C=C/CC1C(O)CC(O)C1/C=C/C(C)CCC.[Y+3]. The third-order valence-corrected chi connectivity index (χ3v) is 4.76. The monoisotopic (exact) mass is 396 g/mol. The molecule has 0 aromatic carbocycles. The van der Waals surface area contributed by atoms with Crippen LogP contribution in [0.1, 0.15) is 65.7 Å². The van der Waals surface area contributed by atoms with Crippen molar-refractivity contribution in [1.29, 1.82) is 0 Å². The first kappa shape index (κ1) is 23.5. The molecular weight excluding hydrogens is 361 g/mol.